The first-order valence-electron chi connectivity index (χ1n) is 4.87. The predicted molar refractivity (Wildman–Crippen MR) is 50.8 cm³/mol. The van der Waals surface area contributed by atoms with Gasteiger partial charge in [-0.05, 0) is 31.2 Å². The van der Waals surface area contributed by atoms with Crippen molar-refractivity contribution in [2.45, 2.75) is 46.1 Å². The van der Waals surface area contributed by atoms with Crippen LogP contribution in [0.3, 0.4) is 0 Å². The molecule has 2 nitrogen and oxygen atoms in total. The minimum Gasteiger partial charge on any atom is -0.392 e. The van der Waals surface area contributed by atoms with Gasteiger partial charge in [0.1, 0.15) is 0 Å². The second kappa shape index (κ2) is 3.00. The zero-order valence-electron chi connectivity index (χ0n) is 8.43. The Hall–Kier alpha value is -0.0800. The smallest absolute Gasteiger partial charge is 0.0659 e. The Morgan fingerprint density at radius 3 is 2.25 bits per heavy atom. The van der Waals surface area contributed by atoms with Gasteiger partial charge in [-0.2, -0.15) is 0 Å². The van der Waals surface area contributed by atoms with Crippen LogP contribution in [0, 0.1) is 10.8 Å². The molecule has 12 heavy (non-hydrogen) atoms. The summed E-state index contributed by atoms with van der Waals surface area (Å²) < 4.78 is 0. The molecule has 0 radical (unpaired) electrons. The highest BCUT2D eigenvalue weighted by molar-refractivity contribution is 5.02. The molecule has 1 atom stereocenters. The molecule has 2 heteroatoms. The van der Waals surface area contributed by atoms with Gasteiger partial charge in [-0.1, -0.05) is 20.8 Å². The third-order valence-electron chi connectivity index (χ3n) is 3.44. The molecule has 0 spiro atoms. The molecule has 0 aromatic rings. The Morgan fingerprint density at radius 1 is 1.50 bits per heavy atom. The van der Waals surface area contributed by atoms with Gasteiger partial charge in [0, 0.05) is 5.41 Å². The average molecular weight is 171 g/mol. The molecule has 0 saturated heterocycles. The van der Waals surface area contributed by atoms with Crippen molar-refractivity contribution < 1.29 is 5.11 Å². The molecule has 1 aliphatic rings. The van der Waals surface area contributed by atoms with E-state index in [1.165, 1.54) is 12.8 Å². The Kier molecular flexibility index (Phi) is 2.50. The lowest BCUT2D eigenvalue weighted by Crippen LogP contribution is -2.42. The van der Waals surface area contributed by atoms with Crippen LogP contribution in [0.5, 0.6) is 0 Å². The van der Waals surface area contributed by atoms with Gasteiger partial charge in [0.15, 0.2) is 0 Å². The summed E-state index contributed by atoms with van der Waals surface area (Å²) in [5, 5.41) is 10.1. The van der Waals surface area contributed by atoms with Crippen molar-refractivity contribution in [2.75, 3.05) is 6.54 Å². The largest absolute Gasteiger partial charge is 0.392 e. The summed E-state index contributed by atoms with van der Waals surface area (Å²) in [6.07, 6.45) is 3.21. The molecule has 0 bridgehead atoms. The van der Waals surface area contributed by atoms with Gasteiger partial charge in [-0.25, -0.2) is 0 Å². The molecule has 0 aromatic heterocycles. The van der Waals surface area contributed by atoms with E-state index in [0.29, 0.717) is 6.54 Å². The molecular formula is C10H21NO. The average Bonchev–Trinajstić information content (AvgIpc) is 2.83. The van der Waals surface area contributed by atoms with Crippen LogP contribution in [0.15, 0.2) is 0 Å². The third-order valence-corrected chi connectivity index (χ3v) is 3.44. The number of rotatable bonds is 4. The van der Waals surface area contributed by atoms with E-state index in [1.807, 2.05) is 13.8 Å². The molecular weight excluding hydrogens is 150 g/mol. The van der Waals surface area contributed by atoms with Gasteiger partial charge in [-0.15, -0.1) is 0 Å². The van der Waals surface area contributed by atoms with Gasteiger partial charge < -0.3 is 10.8 Å². The van der Waals surface area contributed by atoms with E-state index in [1.54, 1.807) is 0 Å². The zero-order valence-corrected chi connectivity index (χ0v) is 8.43. The molecule has 1 aliphatic carbocycles. The topological polar surface area (TPSA) is 46.2 Å². The Bertz CT molecular complexity index is 155. The summed E-state index contributed by atoms with van der Waals surface area (Å²) in [5.41, 5.74) is 5.72. The van der Waals surface area contributed by atoms with Crippen LogP contribution in [-0.2, 0) is 0 Å². The van der Waals surface area contributed by atoms with Crippen molar-refractivity contribution in [2.24, 2.45) is 16.6 Å². The SMILES string of the molecule is CCC1(C(O)C(C)(C)CN)CC1. The summed E-state index contributed by atoms with van der Waals surface area (Å²) in [4.78, 5) is 0. The molecule has 1 rings (SSSR count). The second-order valence-electron chi connectivity index (χ2n) is 4.81. The first-order valence-corrected chi connectivity index (χ1v) is 4.87. The standard InChI is InChI=1S/C10H21NO/c1-4-10(5-6-10)8(12)9(2,3)7-11/h8,12H,4-7,11H2,1-3H3. The number of aliphatic hydroxyl groups is 1. The van der Waals surface area contributed by atoms with Gasteiger partial charge >= 0.3 is 0 Å². The molecule has 72 valence electrons. The van der Waals surface area contributed by atoms with Crippen molar-refractivity contribution in [3.63, 3.8) is 0 Å². The third kappa shape index (κ3) is 1.50. The maximum absolute atomic E-state index is 10.1. The van der Waals surface area contributed by atoms with Gasteiger partial charge in [0.25, 0.3) is 0 Å². The van der Waals surface area contributed by atoms with Crippen molar-refractivity contribution in [3.8, 4) is 0 Å². The predicted octanol–water partition coefficient (Wildman–Crippen LogP) is 1.52. The van der Waals surface area contributed by atoms with Gasteiger partial charge in [0.05, 0.1) is 6.10 Å². The normalized spacial score (nSPS) is 23.8. The number of aliphatic hydroxyl groups excluding tert-OH is 1. The molecule has 3 N–H and O–H groups in total. The van der Waals surface area contributed by atoms with Crippen LogP contribution >= 0.6 is 0 Å². The summed E-state index contributed by atoms with van der Waals surface area (Å²) in [7, 11) is 0. The van der Waals surface area contributed by atoms with Crippen LogP contribution in [-0.4, -0.2) is 17.8 Å². The fourth-order valence-electron chi connectivity index (χ4n) is 1.92. The Labute approximate surface area is 75.2 Å². The van der Waals surface area contributed by atoms with E-state index in [4.69, 9.17) is 5.73 Å². The van der Waals surface area contributed by atoms with E-state index < -0.39 is 0 Å². The molecule has 1 saturated carbocycles. The maximum atomic E-state index is 10.1. The Balaban J connectivity index is 2.63. The molecule has 0 heterocycles. The van der Waals surface area contributed by atoms with Crippen LogP contribution in [0.25, 0.3) is 0 Å². The summed E-state index contributed by atoms with van der Waals surface area (Å²) in [6, 6.07) is 0. The summed E-state index contributed by atoms with van der Waals surface area (Å²) >= 11 is 0. The van der Waals surface area contributed by atoms with E-state index in [-0.39, 0.29) is 16.9 Å². The van der Waals surface area contributed by atoms with E-state index in [2.05, 4.69) is 6.92 Å². The molecule has 1 fully saturated rings. The highest BCUT2D eigenvalue weighted by Gasteiger charge is 2.51. The molecule has 0 amide bonds. The second-order valence-corrected chi connectivity index (χ2v) is 4.81. The quantitative estimate of drug-likeness (QED) is 0.673. The number of nitrogens with two attached hydrogens (primary N) is 1. The molecule has 0 aromatic carbocycles. The lowest BCUT2D eigenvalue weighted by atomic mass is 9.76. The fraction of sp³-hybridized carbons (Fsp3) is 1.00. The number of hydrogen-bond donors (Lipinski definition) is 2. The Morgan fingerprint density at radius 2 is 2.00 bits per heavy atom. The van der Waals surface area contributed by atoms with Crippen molar-refractivity contribution in [3.05, 3.63) is 0 Å². The monoisotopic (exact) mass is 171 g/mol. The number of hydrogen-bond acceptors (Lipinski definition) is 2. The first kappa shape index (κ1) is 10.0. The van der Waals surface area contributed by atoms with E-state index >= 15 is 0 Å². The van der Waals surface area contributed by atoms with Crippen LogP contribution in [0.1, 0.15) is 40.0 Å². The minimum absolute atomic E-state index is 0.119. The van der Waals surface area contributed by atoms with Crippen LogP contribution < -0.4 is 5.73 Å². The van der Waals surface area contributed by atoms with Crippen molar-refractivity contribution in [1.29, 1.82) is 0 Å². The highest BCUT2D eigenvalue weighted by Crippen LogP contribution is 2.55. The maximum Gasteiger partial charge on any atom is 0.0659 e. The van der Waals surface area contributed by atoms with Crippen LogP contribution in [0.4, 0.5) is 0 Å². The summed E-state index contributed by atoms with van der Waals surface area (Å²) in [6.45, 7) is 6.82. The van der Waals surface area contributed by atoms with Gasteiger partial charge in [0.2, 0.25) is 0 Å². The van der Waals surface area contributed by atoms with Crippen molar-refractivity contribution >= 4 is 0 Å². The van der Waals surface area contributed by atoms with Crippen molar-refractivity contribution in [1.82, 2.24) is 0 Å². The highest BCUT2D eigenvalue weighted by atomic mass is 16.3. The zero-order chi connectivity index (χ0) is 9.41. The van der Waals surface area contributed by atoms with E-state index in [0.717, 1.165) is 6.42 Å². The molecule has 0 aliphatic heterocycles. The minimum atomic E-state index is -0.222. The lowest BCUT2D eigenvalue weighted by Gasteiger charge is -2.35. The van der Waals surface area contributed by atoms with Crippen LogP contribution in [0.2, 0.25) is 0 Å². The first-order chi connectivity index (χ1) is 5.48. The fourth-order valence-corrected chi connectivity index (χ4v) is 1.92. The van der Waals surface area contributed by atoms with Gasteiger partial charge in [-0.3, -0.25) is 0 Å². The lowest BCUT2D eigenvalue weighted by molar-refractivity contribution is -0.00760. The summed E-state index contributed by atoms with van der Waals surface area (Å²) in [5.74, 6) is 0. The molecule has 1 unspecified atom stereocenters. The van der Waals surface area contributed by atoms with E-state index in [9.17, 15) is 5.11 Å².